The summed E-state index contributed by atoms with van der Waals surface area (Å²) in [5, 5.41) is 10.8. The fraction of sp³-hybridized carbons (Fsp3) is 0.667. The van der Waals surface area contributed by atoms with E-state index in [0.29, 0.717) is 11.8 Å². The van der Waals surface area contributed by atoms with Crippen LogP contribution in [0.25, 0.3) is 0 Å². The number of thioether (sulfide) groups is 1. The van der Waals surface area contributed by atoms with E-state index < -0.39 is 0 Å². The van der Waals surface area contributed by atoms with Crippen LogP contribution in [0.1, 0.15) is 19.0 Å². The summed E-state index contributed by atoms with van der Waals surface area (Å²) in [6, 6.07) is 0. The van der Waals surface area contributed by atoms with Crippen molar-refractivity contribution in [3.63, 3.8) is 0 Å². The summed E-state index contributed by atoms with van der Waals surface area (Å²) in [6.45, 7) is 3.03. The molecular weight excluding hydrogens is 212 g/mol. The SMILES string of the molecule is C[C@]1(Cc2c[nH]nn2)CN2C(=O)C[C@@H]2S1. The molecule has 0 radical (unpaired) electrons. The van der Waals surface area contributed by atoms with Crippen LogP contribution in [0.3, 0.4) is 0 Å². The Morgan fingerprint density at radius 2 is 2.67 bits per heavy atom. The number of amides is 1. The van der Waals surface area contributed by atoms with E-state index in [1.807, 2.05) is 22.9 Å². The minimum absolute atomic E-state index is 0.105. The van der Waals surface area contributed by atoms with E-state index in [4.69, 9.17) is 0 Å². The van der Waals surface area contributed by atoms with Gasteiger partial charge in [-0.2, -0.15) is 0 Å². The zero-order valence-corrected chi connectivity index (χ0v) is 9.25. The van der Waals surface area contributed by atoms with Crippen LogP contribution in [0.2, 0.25) is 0 Å². The van der Waals surface area contributed by atoms with Gasteiger partial charge in [0.2, 0.25) is 5.91 Å². The number of nitrogens with one attached hydrogen (secondary N) is 1. The van der Waals surface area contributed by atoms with Crippen molar-refractivity contribution in [1.82, 2.24) is 20.3 Å². The van der Waals surface area contributed by atoms with E-state index in [0.717, 1.165) is 18.7 Å². The van der Waals surface area contributed by atoms with Crippen molar-refractivity contribution >= 4 is 17.7 Å². The fourth-order valence-corrected chi connectivity index (χ4v) is 3.89. The van der Waals surface area contributed by atoms with Crippen LogP contribution >= 0.6 is 11.8 Å². The highest BCUT2D eigenvalue weighted by Crippen LogP contribution is 2.47. The van der Waals surface area contributed by atoms with Crippen LogP contribution in [-0.4, -0.2) is 42.9 Å². The van der Waals surface area contributed by atoms with Crippen molar-refractivity contribution in [3.8, 4) is 0 Å². The molecule has 0 aliphatic carbocycles. The molecule has 0 aromatic carbocycles. The van der Waals surface area contributed by atoms with E-state index in [1.165, 1.54) is 0 Å². The summed E-state index contributed by atoms with van der Waals surface area (Å²) in [6.07, 6.45) is 3.40. The van der Waals surface area contributed by atoms with Gasteiger partial charge < -0.3 is 4.90 Å². The number of H-pyrrole nitrogens is 1. The minimum Gasteiger partial charge on any atom is -0.329 e. The maximum Gasteiger partial charge on any atom is 0.226 e. The van der Waals surface area contributed by atoms with Crippen LogP contribution in [0.15, 0.2) is 6.20 Å². The standard InChI is InChI=1S/C9H12N4OS/c1-9(3-6-4-10-12-11-6)5-13-7(14)2-8(13)15-9/h4,8H,2-3,5H2,1H3,(H,10,11,12)/t8-,9-/m0/s1. The number of fused-ring (bicyclic) bond motifs is 1. The molecule has 1 aromatic rings. The Morgan fingerprint density at radius 3 is 3.27 bits per heavy atom. The van der Waals surface area contributed by atoms with Gasteiger partial charge in [-0.05, 0) is 6.92 Å². The van der Waals surface area contributed by atoms with Crippen molar-refractivity contribution in [2.45, 2.75) is 29.9 Å². The predicted octanol–water partition coefficient (Wildman–Crippen LogP) is 0.411. The molecule has 0 bridgehead atoms. The average Bonchev–Trinajstić information content (AvgIpc) is 2.74. The number of hydrogen-bond donors (Lipinski definition) is 1. The lowest BCUT2D eigenvalue weighted by atomic mass is 10.0. The lowest BCUT2D eigenvalue weighted by Gasteiger charge is -2.32. The number of hydrogen-bond acceptors (Lipinski definition) is 4. The summed E-state index contributed by atoms with van der Waals surface area (Å²) in [4.78, 5) is 13.2. The number of β-lactam (4-membered cyclic amide) rings is 1. The number of carbonyl (C=O) groups is 1. The molecule has 5 nitrogen and oxygen atoms in total. The Kier molecular flexibility index (Phi) is 1.83. The summed E-state index contributed by atoms with van der Waals surface area (Å²) in [5.74, 6) is 0.288. The minimum atomic E-state index is 0.105. The molecule has 1 aromatic heterocycles. The second-order valence-electron chi connectivity index (χ2n) is 4.39. The first-order valence-electron chi connectivity index (χ1n) is 4.99. The summed E-state index contributed by atoms with van der Waals surface area (Å²) < 4.78 is 0.105. The first kappa shape index (κ1) is 9.21. The maximum absolute atomic E-state index is 11.3. The van der Waals surface area contributed by atoms with E-state index in [2.05, 4.69) is 22.3 Å². The summed E-state index contributed by atoms with van der Waals surface area (Å²) in [5.41, 5.74) is 0.972. The third-order valence-corrected chi connectivity index (χ3v) is 4.50. The molecule has 3 heterocycles. The Hall–Kier alpha value is -1.04. The first-order valence-corrected chi connectivity index (χ1v) is 5.87. The van der Waals surface area contributed by atoms with Gasteiger partial charge in [0.1, 0.15) is 0 Å². The zero-order valence-electron chi connectivity index (χ0n) is 8.43. The molecule has 2 aliphatic rings. The monoisotopic (exact) mass is 224 g/mol. The molecular formula is C9H12N4OS. The quantitative estimate of drug-likeness (QED) is 0.739. The van der Waals surface area contributed by atoms with Gasteiger partial charge in [0.05, 0.1) is 17.5 Å². The Bertz CT molecular complexity index is 393. The number of aromatic nitrogens is 3. The topological polar surface area (TPSA) is 61.9 Å². The van der Waals surface area contributed by atoms with Gasteiger partial charge in [0.25, 0.3) is 0 Å². The van der Waals surface area contributed by atoms with Crippen molar-refractivity contribution in [2.75, 3.05) is 6.54 Å². The van der Waals surface area contributed by atoms with E-state index in [9.17, 15) is 4.79 Å². The molecule has 2 fully saturated rings. The maximum atomic E-state index is 11.3. The lowest BCUT2D eigenvalue weighted by Crippen LogP contribution is -2.47. The van der Waals surface area contributed by atoms with Gasteiger partial charge in [-0.1, -0.05) is 5.21 Å². The average molecular weight is 224 g/mol. The summed E-state index contributed by atoms with van der Waals surface area (Å²) >= 11 is 1.89. The second-order valence-corrected chi connectivity index (χ2v) is 6.16. The molecule has 3 rings (SSSR count). The summed E-state index contributed by atoms with van der Waals surface area (Å²) in [7, 11) is 0. The Morgan fingerprint density at radius 1 is 1.80 bits per heavy atom. The molecule has 2 saturated heterocycles. The van der Waals surface area contributed by atoms with Crippen molar-refractivity contribution < 1.29 is 4.79 Å². The van der Waals surface area contributed by atoms with Gasteiger partial charge in [-0.15, -0.1) is 16.9 Å². The third kappa shape index (κ3) is 1.43. The molecule has 0 spiro atoms. The third-order valence-electron chi connectivity index (χ3n) is 2.96. The fourth-order valence-electron chi connectivity index (χ4n) is 2.24. The van der Waals surface area contributed by atoms with E-state index in [-0.39, 0.29) is 10.7 Å². The van der Waals surface area contributed by atoms with Gasteiger partial charge in [0.15, 0.2) is 0 Å². The van der Waals surface area contributed by atoms with Crippen LogP contribution in [0, 0.1) is 0 Å². The Balaban J connectivity index is 1.73. The van der Waals surface area contributed by atoms with Crippen LogP contribution in [-0.2, 0) is 11.2 Å². The van der Waals surface area contributed by atoms with Crippen LogP contribution in [0.4, 0.5) is 0 Å². The van der Waals surface area contributed by atoms with E-state index >= 15 is 0 Å². The first-order chi connectivity index (χ1) is 7.16. The molecule has 6 heteroatoms. The normalized spacial score (nSPS) is 34.1. The molecule has 1 amide bonds. The lowest BCUT2D eigenvalue weighted by molar-refractivity contribution is -0.140. The molecule has 80 valence electrons. The van der Waals surface area contributed by atoms with Crippen molar-refractivity contribution in [3.05, 3.63) is 11.9 Å². The largest absolute Gasteiger partial charge is 0.329 e. The predicted molar refractivity (Wildman–Crippen MR) is 56.2 cm³/mol. The molecule has 2 aliphatic heterocycles. The van der Waals surface area contributed by atoms with Crippen molar-refractivity contribution in [2.24, 2.45) is 0 Å². The number of nitrogens with zero attached hydrogens (tertiary/aromatic N) is 3. The van der Waals surface area contributed by atoms with Gasteiger partial charge in [-0.3, -0.25) is 9.89 Å². The second kappa shape index (κ2) is 2.98. The molecule has 2 atom stereocenters. The number of carbonyl (C=O) groups excluding carboxylic acids is 1. The number of aromatic amines is 1. The zero-order chi connectivity index (χ0) is 10.5. The van der Waals surface area contributed by atoms with Crippen LogP contribution < -0.4 is 0 Å². The highest BCUT2D eigenvalue weighted by atomic mass is 32.2. The van der Waals surface area contributed by atoms with Gasteiger partial charge >= 0.3 is 0 Å². The smallest absolute Gasteiger partial charge is 0.226 e. The number of rotatable bonds is 2. The Labute approximate surface area is 91.6 Å². The van der Waals surface area contributed by atoms with Crippen LogP contribution in [0.5, 0.6) is 0 Å². The van der Waals surface area contributed by atoms with Gasteiger partial charge in [0, 0.05) is 23.9 Å². The molecule has 0 unspecified atom stereocenters. The molecule has 15 heavy (non-hydrogen) atoms. The van der Waals surface area contributed by atoms with Crippen molar-refractivity contribution in [1.29, 1.82) is 0 Å². The van der Waals surface area contributed by atoms with Gasteiger partial charge in [-0.25, -0.2) is 0 Å². The highest BCUT2D eigenvalue weighted by Gasteiger charge is 2.50. The highest BCUT2D eigenvalue weighted by molar-refractivity contribution is 8.01. The molecule has 1 N–H and O–H groups in total. The molecule has 0 saturated carbocycles. The van der Waals surface area contributed by atoms with E-state index in [1.54, 1.807) is 0 Å².